The smallest absolute Gasteiger partial charge is 0.313 e. The van der Waals surface area contributed by atoms with Crippen molar-refractivity contribution in [1.82, 2.24) is 5.32 Å². The topological polar surface area (TPSA) is 55.4 Å². The first-order valence-electron chi connectivity index (χ1n) is 8.14. The zero-order valence-corrected chi connectivity index (χ0v) is 13.7. The average molecular weight is 313 g/mol. The molecule has 1 aliphatic carbocycles. The van der Waals surface area contributed by atoms with Gasteiger partial charge in [0.05, 0.1) is 12.0 Å². The van der Waals surface area contributed by atoms with Crippen molar-refractivity contribution >= 4 is 11.9 Å². The maximum absolute atomic E-state index is 12.3. The van der Waals surface area contributed by atoms with E-state index in [0.717, 1.165) is 17.6 Å². The molecule has 1 amide bonds. The molecular weight excluding hydrogens is 290 g/mol. The van der Waals surface area contributed by atoms with Crippen LogP contribution in [0.2, 0.25) is 0 Å². The Morgan fingerprint density at radius 3 is 2.74 bits per heavy atom. The number of allylic oxidation sites excluding steroid dienone is 1. The van der Waals surface area contributed by atoms with E-state index < -0.39 is 5.41 Å². The van der Waals surface area contributed by atoms with Crippen LogP contribution >= 0.6 is 0 Å². The van der Waals surface area contributed by atoms with Crippen LogP contribution in [0.5, 0.6) is 0 Å². The number of hydrogen-bond donors (Lipinski definition) is 1. The van der Waals surface area contributed by atoms with E-state index in [4.69, 9.17) is 4.74 Å². The zero-order valence-electron chi connectivity index (χ0n) is 13.7. The normalized spacial score (nSPS) is 26.3. The average Bonchev–Trinajstić information content (AvgIpc) is 2.94. The van der Waals surface area contributed by atoms with Gasteiger partial charge in [-0.1, -0.05) is 24.3 Å². The van der Waals surface area contributed by atoms with Crippen molar-refractivity contribution in [3.63, 3.8) is 0 Å². The summed E-state index contributed by atoms with van der Waals surface area (Å²) in [5.41, 5.74) is 2.39. The largest absolute Gasteiger partial charge is 0.465 e. The molecule has 0 bridgehead atoms. The van der Waals surface area contributed by atoms with E-state index in [-0.39, 0.29) is 23.8 Å². The van der Waals surface area contributed by atoms with E-state index in [1.54, 1.807) is 0 Å². The Kier molecular flexibility index (Phi) is 4.00. The monoisotopic (exact) mass is 313 g/mol. The Bertz CT molecular complexity index is 647. The highest BCUT2D eigenvalue weighted by molar-refractivity contribution is 5.94. The molecule has 1 aliphatic heterocycles. The third-order valence-electron chi connectivity index (χ3n) is 4.86. The summed E-state index contributed by atoms with van der Waals surface area (Å²) in [6.45, 7) is 8.44. The quantitative estimate of drug-likeness (QED) is 0.687. The number of carbonyl (C=O) groups is 2. The van der Waals surface area contributed by atoms with Crippen LogP contribution in [0.25, 0.3) is 0 Å². The van der Waals surface area contributed by atoms with Gasteiger partial charge in [0.1, 0.15) is 0 Å². The third kappa shape index (κ3) is 2.90. The maximum Gasteiger partial charge on any atom is 0.313 e. The van der Waals surface area contributed by atoms with Gasteiger partial charge >= 0.3 is 5.97 Å². The summed E-state index contributed by atoms with van der Waals surface area (Å²) in [6, 6.07) is 7.63. The van der Waals surface area contributed by atoms with Crippen molar-refractivity contribution in [2.45, 2.75) is 39.2 Å². The number of rotatable bonds is 4. The molecule has 4 heteroatoms. The van der Waals surface area contributed by atoms with Gasteiger partial charge < -0.3 is 10.1 Å². The molecule has 23 heavy (non-hydrogen) atoms. The molecule has 0 aromatic heterocycles. The van der Waals surface area contributed by atoms with Crippen molar-refractivity contribution in [2.75, 3.05) is 6.61 Å². The first-order chi connectivity index (χ1) is 10.9. The summed E-state index contributed by atoms with van der Waals surface area (Å²) < 4.78 is 5.31. The maximum atomic E-state index is 12.3. The Labute approximate surface area is 136 Å². The number of ether oxygens (including phenoxy) is 1. The van der Waals surface area contributed by atoms with Gasteiger partial charge in [-0.2, -0.15) is 0 Å². The van der Waals surface area contributed by atoms with Crippen molar-refractivity contribution < 1.29 is 14.3 Å². The van der Waals surface area contributed by atoms with E-state index >= 15 is 0 Å². The standard InChI is InChI=1S/C19H23NO3/c1-12(2)20-17(21)15-6-4-14(5-7-15)10-19-9-13(3)8-16(19)11-23-18(19)22/h4-7,12,16H,3,8-11H2,1-2H3,(H,20,21)/t16-,19+/m1/s1. The number of fused-ring (bicyclic) bond motifs is 1. The summed E-state index contributed by atoms with van der Waals surface area (Å²) in [7, 11) is 0. The second kappa shape index (κ2) is 5.84. The first-order valence-corrected chi connectivity index (χ1v) is 8.14. The van der Waals surface area contributed by atoms with Crippen molar-refractivity contribution in [2.24, 2.45) is 11.3 Å². The number of nitrogens with one attached hydrogen (secondary N) is 1. The number of benzene rings is 1. The molecule has 1 heterocycles. The number of esters is 1. The molecular formula is C19H23NO3. The minimum Gasteiger partial charge on any atom is -0.465 e. The van der Waals surface area contributed by atoms with Crippen LogP contribution < -0.4 is 5.32 Å². The molecule has 2 atom stereocenters. The molecule has 1 saturated carbocycles. The van der Waals surface area contributed by atoms with Gasteiger partial charge in [0.2, 0.25) is 0 Å². The molecule has 0 spiro atoms. The summed E-state index contributed by atoms with van der Waals surface area (Å²) in [5, 5.41) is 2.88. The Hall–Kier alpha value is -2.10. The van der Waals surface area contributed by atoms with Crippen molar-refractivity contribution in [3.05, 3.63) is 47.5 Å². The fraction of sp³-hybridized carbons (Fsp3) is 0.474. The number of cyclic esters (lactones) is 1. The highest BCUT2D eigenvalue weighted by Gasteiger charge is 2.55. The molecule has 2 fully saturated rings. The van der Waals surface area contributed by atoms with Crippen LogP contribution in [0.4, 0.5) is 0 Å². The van der Waals surface area contributed by atoms with Gasteiger partial charge in [-0.3, -0.25) is 9.59 Å². The summed E-state index contributed by atoms with van der Waals surface area (Å²) in [4.78, 5) is 24.3. The van der Waals surface area contributed by atoms with E-state index in [0.29, 0.717) is 25.0 Å². The van der Waals surface area contributed by atoms with Crippen LogP contribution in [0.1, 0.15) is 42.6 Å². The molecule has 2 aliphatic rings. The lowest BCUT2D eigenvalue weighted by Crippen LogP contribution is -2.31. The van der Waals surface area contributed by atoms with Gasteiger partial charge in [0.15, 0.2) is 0 Å². The second-order valence-electron chi connectivity index (χ2n) is 7.08. The minimum absolute atomic E-state index is 0.0721. The highest BCUT2D eigenvalue weighted by atomic mass is 16.5. The molecule has 1 aromatic carbocycles. The predicted octanol–water partition coefficient (Wildman–Crippen LogP) is 2.88. The lowest BCUT2D eigenvalue weighted by atomic mass is 9.75. The summed E-state index contributed by atoms with van der Waals surface area (Å²) in [6.07, 6.45) is 2.24. The minimum atomic E-state index is -0.446. The number of hydrogen-bond acceptors (Lipinski definition) is 3. The molecule has 1 N–H and O–H groups in total. The van der Waals surface area contributed by atoms with E-state index in [9.17, 15) is 9.59 Å². The Balaban J connectivity index is 1.77. The van der Waals surface area contributed by atoms with Gasteiger partial charge in [-0.05, 0) is 50.8 Å². The summed E-state index contributed by atoms with van der Waals surface area (Å²) in [5.74, 6) is 0.0753. The molecule has 3 rings (SSSR count). The van der Waals surface area contributed by atoms with Crippen LogP contribution in [0.3, 0.4) is 0 Å². The lowest BCUT2D eigenvalue weighted by Gasteiger charge is -2.24. The third-order valence-corrected chi connectivity index (χ3v) is 4.86. The fourth-order valence-electron chi connectivity index (χ4n) is 3.75. The highest BCUT2D eigenvalue weighted by Crippen LogP contribution is 2.52. The van der Waals surface area contributed by atoms with Gasteiger partial charge in [-0.15, -0.1) is 0 Å². The van der Waals surface area contributed by atoms with E-state index in [1.807, 2.05) is 38.1 Å². The van der Waals surface area contributed by atoms with E-state index in [2.05, 4.69) is 11.9 Å². The molecule has 1 aromatic rings. The predicted molar refractivity (Wildman–Crippen MR) is 88.0 cm³/mol. The number of amides is 1. The van der Waals surface area contributed by atoms with Gasteiger partial charge in [0.25, 0.3) is 5.91 Å². The molecule has 4 nitrogen and oxygen atoms in total. The van der Waals surface area contributed by atoms with Crippen LogP contribution in [-0.4, -0.2) is 24.5 Å². The summed E-state index contributed by atoms with van der Waals surface area (Å²) >= 11 is 0. The first kappa shape index (κ1) is 15.8. The van der Waals surface area contributed by atoms with Crippen molar-refractivity contribution in [1.29, 1.82) is 0 Å². The van der Waals surface area contributed by atoms with Crippen LogP contribution in [0.15, 0.2) is 36.4 Å². The van der Waals surface area contributed by atoms with Crippen LogP contribution in [0, 0.1) is 11.3 Å². The second-order valence-corrected chi connectivity index (χ2v) is 7.08. The van der Waals surface area contributed by atoms with Gasteiger partial charge in [-0.25, -0.2) is 0 Å². The van der Waals surface area contributed by atoms with Gasteiger partial charge in [0, 0.05) is 17.5 Å². The molecule has 0 unspecified atom stereocenters. The van der Waals surface area contributed by atoms with Crippen LogP contribution in [-0.2, 0) is 16.0 Å². The fourth-order valence-corrected chi connectivity index (χ4v) is 3.75. The number of carbonyl (C=O) groups excluding carboxylic acids is 2. The van der Waals surface area contributed by atoms with Crippen molar-refractivity contribution in [3.8, 4) is 0 Å². The Morgan fingerprint density at radius 2 is 2.09 bits per heavy atom. The molecule has 0 radical (unpaired) electrons. The molecule has 122 valence electrons. The molecule has 1 saturated heterocycles. The zero-order chi connectivity index (χ0) is 16.6. The lowest BCUT2D eigenvalue weighted by molar-refractivity contribution is -0.146. The SMILES string of the molecule is C=C1C[C@@H]2COC(=O)[C@]2(Cc2ccc(C(=O)NC(C)C)cc2)C1. The van der Waals surface area contributed by atoms with E-state index in [1.165, 1.54) is 0 Å². The Morgan fingerprint density at radius 1 is 1.39 bits per heavy atom.